The molecule has 7 nitrogen and oxygen atoms in total. The lowest BCUT2D eigenvalue weighted by molar-refractivity contribution is -0.138. The van der Waals surface area contributed by atoms with Gasteiger partial charge >= 0.3 is 0 Å². The lowest BCUT2D eigenvalue weighted by Crippen LogP contribution is -2.51. The Morgan fingerprint density at radius 3 is 2.10 bits per heavy atom. The molecule has 2 amide bonds. The molecule has 1 aliphatic rings. The summed E-state index contributed by atoms with van der Waals surface area (Å²) in [7, 11) is -1.74. The zero-order valence-corrected chi connectivity index (χ0v) is 18.2. The van der Waals surface area contributed by atoms with Crippen molar-refractivity contribution in [1.82, 2.24) is 9.80 Å². The smallest absolute Gasteiger partial charge is 0.237 e. The van der Waals surface area contributed by atoms with Crippen molar-refractivity contribution in [1.29, 1.82) is 0 Å². The molecule has 1 fully saturated rings. The van der Waals surface area contributed by atoms with Gasteiger partial charge in [-0.25, -0.2) is 8.42 Å². The van der Waals surface area contributed by atoms with E-state index in [9.17, 15) is 18.0 Å². The van der Waals surface area contributed by atoms with E-state index in [4.69, 9.17) is 4.74 Å². The molecule has 0 radical (unpaired) electrons. The van der Waals surface area contributed by atoms with E-state index in [0.717, 1.165) is 24.2 Å². The van der Waals surface area contributed by atoms with Gasteiger partial charge in [-0.05, 0) is 30.5 Å². The number of sulfone groups is 1. The Bertz CT molecular complexity index is 769. The summed E-state index contributed by atoms with van der Waals surface area (Å²) < 4.78 is 29.3. The fourth-order valence-electron chi connectivity index (χ4n) is 3.33. The highest BCUT2D eigenvalue weighted by Crippen LogP contribution is 2.14. The second-order valence-electron chi connectivity index (χ2n) is 7.41. The molecule has 0 aromatic heterocycles. The molecule has 0 aliphatic carbocycles. The molecule has 1 aromatic rings. The van der Waals surface area contributed by atoms with Crippen LogP contribution in [0.5, 0.6) is 5.75 Å². The Hall–Kier alpha value is -2.09. The molecule has 1 heterocycles. The summed E-state index contributed by atoms with van der Waals surface area (Å²) >= 11 is 0. The minimum Gasteiger partial charge on any atom is -0.497 e. The quantitative estimate of drug-likeness (QED) is 0.536. The third kappa shape index (κ3) is 7.68. The number of benzene rings is 1. The van der Waals surface area contributed by atoms with E-state index < -0.39 is 15.6 Å². The molecule has 1 aromatic carbocycles. The van der Waals surface area contributed by atoms with Crippen molar-refractivity contribution >= 4 is 21.7 Å². The van der Waals surface area contributed by atoms with Crippen LogP contribution in [0.1, 0.15) is 38.2 Å². The zero-order valence-electron chi connectivity index (χ0n) is 17.4. The molecular weight excluding hydrogens is 392 g/mol. The van der Waals surface area contributed by atoms with Crippen LogP contribution in [0.3, 0.4) is 0 Å². The SMILES string of the molecule is CCCCCS(=O)(=O)CC(=O)N1CCN(C(=O)CCc2ccc(OC)cc2)CC1. The Morgan fingerprint density at radius 1 is 0.966 bits per heavy atom. The van der Waals surface area contributed by atoms with E-state index in [1.54, 1.807) is 16.9 Å². The first-order valence-corrected chi connectivity index (χ1v) is 12.1. The fraction of sp³-hybridized carbons (Fsp3) is 0.619. The van der Waals surface area contributed by atoms with Gasteiger partial charge in [0.1, 0.15) is 11.5 Å². The Morgan fingerprint density at radius 2 is 1.55 bits per heavy atom. The minimum atomic E-state index is -3.36. The summed E-state index contributed by atoms with van der Waals surface area (Å²) in [5.74, 6) is 0.124. The number of nitrogens with zero attached hydrogens (tertiary/aromatic N) is 2. The van der Waals surface area contributed by atoms with E-state index >= 15 is 0 Å². The van der Waals surface area contributed by atoms with Gasteiger partial charge in [-0.1, -0.05) is 31.9 Å². The van der Waals surface area contributed by atoms with Gasteiger partial charge in [0.05, 0.1) is 12.9 Å². The highest BCUT2D eigenvalue weighted by atomic mass is 32.2. The predicted octanol–water partition coefficient (Wildman–Crippen LogP) is 1.90. The number of carbonyl (C=O) groups is 2. The third-order valence-electron chi connectivity index (χ3n) is 5.17. The number of carbonyl (C=O) groups excluding carboxylic acids is 2. The molecule has 0 saturated carbocycles. The van der Waals surface area contributed by atoms with E-state index in [-0.39, 0.29) is 17.6 Å². The number of hydrogen-bond donors (Lipinski definition) is 0. The van der Waals surface area contributed by atoms with Crippen molar-refractivity contribution in [2.45, 2.75) is 39.0 Å². The van der Waals surface area contributed by atoms with E-state index in [1.165, 1.54) is 0 Å². The van der Waals surface area contributed by atoms with E-state index in [0.29, 0.717) is 45.4 Å². The van der Waals surface area contributed by atoms with Crippen LogP contribution in [0.2, 0.25) is 0 Å². The van der Waals surface area contributed by atoms with Gasteiger partial charge in [-0.2, -0.15) is 0 Å². The van der Waals surface area contributed by atoms with Gasteiger partial charge in [0.2, 0.25) is 11.8 Å². The summed E-state index contributed by atoms with van der Waals surface area (Å²) in [6.07, 6.45) is 3.45. The molecule has 162 valence electrons. The second-order valence-corrected chi connectivity index (χ2v) is 9.59. The first kappa shape index (κ1) is 23.2. The molecule has 0 spiro atoms. The van der Waals surface area contributed by atoms with Crippen molar-refractivity contribution in [3.63, 3.8) is 0 Å². The van der Waals surface area contributed by atoms with Crippen LogP contribution >= 0.6 is 0 Å². The van der Waals surface area contributed by atoms with Crippen LogP contribution in [-0.2, 0) is 25.8 Å². The van der Waals surface area contributed by atoms with Gasteiger partial charge in [0.25, 0.3) is 0 Å². The molecule has 0 N–H and O–H groups in total. The molecule has 1 saturated heterocycles. The number of hydrogen-bond acceptors (Lipinski definition) is 5. The number of rotatable bonds is 10. The van der Waals surface area contributed by atoms with Crippen molar-refractivity contribution < 1.29 is 22.7 Å². The first-order chi connectivity index (χ1) is 13.8. The van der Waals surface area contributed by atoms with Crippen LogP contribution < -0.4 is 4.74 Å². The summed E-state index contributed by atoms with van der Waals surface area (Å²) in [6.45, 7) is 3.68. The molecule has 0 atom stereocenters. The summed E-state index contributed by atoms with van der Waals surface area (Å²) in [5, 5.41) is 0. The number of unbranched alkanes of at least 4 members (excludes halogenated alkanes) is 2. The summed E-state index contributed by atoms with van der Waals surface area (Å²) in [6, 6.07) is 7.65. The topological polar surface area (TPSA) is 84.0 Å². The van der Waals surface area contributed by atoms with Crippen molar-refractivity contribution in [3.8, 4) is 5.75 Å². The molecule has 1 aliphatic heterocycles. The number of methoxy groups -OCH3 is 1. The van der Waals surface area contributed by atoms with Crippen LogP contribution in [0.15, 0.2) is 24.3 Å². The number of aryl methyl sites for hydroxylation is 1. The van der Waals surface area contributed by atoms with E-state index in [2.05, 4.69) is 0 Å². The van der Waals surface area contributed by atoms with Crippen LogP contribution in [0, 0.1) is 0 Å². The maximum absolute atomic E-state index is 12.4. The Balaban J connectivity index is 1.74. The number of ether oxygens (including phenoxy) is 1. The monoisotopic (exact) mass is 424 g/mol. The standard InChI is InChI=1S/C21H32N2O5S/c1-3-4-5-16-29(26,27)17-21(25)23-14-12-22(13-15-23)20(24)11-8-18-6-9-19(28-2)10-7-18/h6-7,9-10H,3-5,8,11-17H2,1-2H3. The minimum absolute atomic E-state index is 0.0557. The normalized spacial score (nSPS) is 14.7. The molecule has 2 rings (SSSR count). The van der Waals surface area contributed by atoms with Crippen LogP contribution in [0.4, 0.5) is 0 Å². The van der Waals surface area contributed by atoms with E-state index in [1.807, 2.05) is 31.2 Å². The molecule has 0 unspecified atom stereocenters. The molecular formula is C21H32N2O5S. The zero-order chi connectivity index (χ0) is 21.3. The Labute approximate surface area is 173 Å². The lowest BCUT2D eigenvalue weighted by Gasteiger charge is -2.34. The van der Waals surface area contributed by atoms with Gasteiger partial charge < -0.3 is 14.5 Å². The average molecular weight is 425 g/mol. The highest BCUT2D eigenvalue weighted by molar-refractivity contribution is 7.92. The van der Waals surface area contributed by atoms with Crippen molar-refractivity contribution in [3.05, 3.63) is 29.8 Å². The average Bonchev–Trinajstić information content (AvgIpc) is 2.72. The predicted molar refractivity (Wildman–Crippen MR) is 113 cm³/mol. The maximum atomic E-state index is 12.4. The van der Waals surface area contributed by atoms with Gasteiger partial charge in [0, 0.05) is 32.6 Å². The summed E-state index contributed by atoms with van der Waals surface area (Å²) in [4.78, 5) is 28.1. The fourth-order valence-corrected chi connectivity index (χ4v) is 4.68. The van der Waals surface area contributed by atoms with Gasteiger partial charge in [-0.3, -0.25) is 9.59 Å². The van der Waals surface area contributed by atoms with Gasteiger partial charge in [-0.15, -0.1) is 0 Å². The van der Waals surface area contributed by atoms with Gasteiger partial charge in [0.15, 0.2) is 9.84 Å². The largest absolute Gasteiger partial charge is 0.497 e. The summed E-state index contributed by atoms with van der Waals surface area (Å²) in [5.41, 5.74) is 1.07. The van der Waals surface area contributed by atoms with Crippen LogP contribution in [-0.4, -0.2) is 74.8 Å². The molecule has 29 heavy (non-hydrogen) atoms. The lowest BCUT2D eigenvalue weighted by atomic mass is 10.1. The highest BCUT2D eigenvalue weighted by Gasteiger charge is 2.26. The van der Waals surface area contributed by atoms with Crippen molar-refractivity contribution in [2.75, 3.05) is 44.8 Å². The maximum Gasteiger partial charge on any atom is 0.237 e. The number of amides is 2. The third-order valence-corrected chi connectivity index (χ3v) is 6.77. The number of piperazine rings is 1. The first-order valence-electron chi connectivity index (χ1n) is 10.2. The molecule has 0 bridgehead atoms. The molecule has 8 heteroatoms. The van der Waals surface area contributed by atoms with Crippen molar-refractivity contribution in [2.24, 2.45) is 0 Å². The Kier molecular flexibility index (Phi) is 8.95. The second kappa shape index (κ2) is 11.2. The van der Waals surface area contributed by atoms with Crippen LogP contribution in [0.25, 0.3) is 0 Å².